The highest BCUT2D eigenvalue weighted by Crippen LogP contribution is 2.27. The molecule has 0 aliphatic rings. The van der Waals surface area contributed by atoms with Crippen LogP contribution in [-0.4, -0.2) is 0 Å². The van der Waals surface area contributed by atoms with E-state index in [1.165, 1.54) is 6.07 Å². The summed E-state index contributed by atoms with van der Waals surface area (Å²) >= 11 is 11.6. The molecule has 0 bridgehead atoms. The molecule has 94 valence electrons. The van der Waals surface area contributed by atoms with Crippen molar-refractivity contribution in [3.63, 3.8) is 0 Å². The molecule has 0 aromatic heterocycles. The van der Waals surface area contributed by atoms with Gasteiger partial charge in [-0.1, -0.05) is 35.3 Å². The average molecular weight is 286 g/mol. The highest BCUT2D eigenvalue weighted by molar-refractivity contribution is 6.42. The van der Waals surface area contributed by atoms with Gasteiger partial charge in [-0.25, -0.2) is 4.39 Å². The minimum absolute atomic E-state index is 0.0782. The van der Waals surface area contributed by atoms with Gasteiger partial charge >= 0.3 is 0 Å². The van der Waals surface area contributed by atoms with Crippen molar-refractivity contribution in [2.45, 2.75) is 6.61 Å². The zero-order valence-corrected chi connectivity index (χ0v) is 10.8. The molecule has 18 heavy (non-hydrogen) atoms. The maximum atomic E-state index is 13.6. The minimum atomic E-state index is -0.461. The second kappa shape index (κ2) is 5.46. The molecule has 0 saturated heterocycles. The summed E-state index contributed by atoms with van der Waals surface area (Å²) < 4.78 is 19.0. The lowest BCUT2D eigenvalue weighted by Crippen LogP contribution is -2.01. The van der Waals surface area contributed by atoms with Crippen LogP contribution in [0.1, 0.15) is 5.56 Å². The van der Waals surface area contributed by atoms with E-state index in [-0.39, 0.29) is 12.3 Å². The van der Waals surface area contributed by atoms with E-state index in [9.17, 15) is 4.39 Å². The minimum Gasteiger partial charge on any atom is -0.489 e. The van der Waals surface area contributed by atoms with Gasteiger partial charge in [-0.15, -0.1) is 0 Å². The molecule has 0 heterocycles. The van der Waals surface area contributed by atoms with Crippen LogP contribution in [0.15, 0.2) is 36.4 Å². The summed E-state index contributed by atoms with van der Waals surface area (Å²) in [5.74, 6) is 0.0591. The number of nitrogens with two attached hydrogens (primary N) is 1. The number of nitrogen functional groups attached to an aromatic ring is 1. The van der Waals surface area contributed by atoms with Crippen LogP contribution in [0.5, 0.6) is 5.75 Å². The van der Waals surface area contributed by atoms with Crippen LogP contribution in [0, 0.1) is 5.82 Å². The van der Waals surface area contributed by atoms with Crippen LogP contribution in [0.25, 0.3) is 0 Å². The SMILES string of the molecule is Nc1cccc(COc2ccc(Cl)c(Cl)c2)c1F. The second-order valence-corrected chi connectivity index (χ2v) is 4.50. The third-order valence-corrected chi connectivity index (χ3v) is 3.13. The Balaban J connectivity index is 2.11. The summed E-state index contributed by atoms with van der Waals surface area (Å²) in [5, 5.41) is 0.835. The molecule has 2 aromatic rings. The number of hydrogen-bond donors (Lipinski definition) is 1. The number of halogens is 3. The smallest absolute Gasteiger partial charge is 0.152 e. The fourth-order valence-corrected chi connectivity index (χ4v) is 1.73. The van der Waals surface area contributed by atoms with E-state index < -0.39 is 5.82 Å². The molecule has 2 aromatic carbocycles. The predicted molar refractivity (Wildman–Crippen MR) is 71.6 cm³/mol. The number of benzene rings is 2. The van der Waals surface area contributed by atoms with Gasteiger partial charge in [0.15, 0.2) is 5.82 Å². The molecule has 0 saturated carbocycles. The molecule has 0 aliphatic carbocycles. The Hall–Kier alpha value is -1.45. The van der Waals surface area contributed by atoms with Gasteiger partial charge < -0.3 is 10.5 Å². The molecule has 0 atom stereocenters. The van der Waals surface area contributed by atoms with Gasteiger partial charge in [0.2, 0.25) is 0 Å². The summed E-state index contributed by atoms with van der Waals surface area (Å²) in [7, 11) is 0. The van der Waals surface area contributed by atoms with Crippen molar-refractivity contribution in [1.29, 1.82) is 0 Å². The number of anilines is 1. The number of ether oxygens (including phenoxy) is 1. The molecule has 0 fully saturated rings. The molecule has 2 nitrogen and oxygen atoms in total. The first-order chi connectivity index (χ1) is 8.58. The maximum absolute atomic E-state index is 13.6. The van der Waals surface area contributed by atoms with E-state index in [4.69, 9.17) is 33.7 Å². The molecule has 2 N–H and O–H groups in total. The van der Waals surface area contributed by atoms with Gasteiger partial charge in [-0.05, 0) is 18.2 Å². The maximum Gasteiger partial charge on any atom is 0.152 e. The number of rotatable bonds is 3. The van der Waals surface area contributed by atoms with E-state index in [0.29, 0.717) is 21.4 Å². The molecule has 0 radical (unpaired) electrons. The molecule has 5 heteroatoms. The molecule has 0 amide bonds. The van der Waals surface area contributed by atoms with Crippen LogP contribution in [0.3, 0.4) is 0 Å². The van der Waals surface area contributed by atoms with Gasteiger partial charge in [-0.3, -0.25) is 0 Å². The molecule has 0 aliphatic heterocycles. The van der Waals surface area contributed by atoms with E-state index in [1.807, 2.05) is 0 Å². The topological polar surface area (TPSA) is 35.2 Å². The Morgan fingerprint density at radius 1 is 1.11 bits per heavy atom. The van der Waals surface area contributed by atoms with Gasteiger partial charge in [0.05, 0.1) is 15.7 Å². The summed E-state index contributed by atoms with van der Waals surface area (Å²) in [4.78, 5) is 0. The molecule has 0 spiro atoms. The van der Waals surface area contributed by atoms with Crippen LogP contribution >= 0.6 is 23.2 Å². The quantitative estimate of drug-likeness (QED) is 0.854. The van der Waals surface area contributed by atoms with Crippen LogP contribution in [-0.2, 0) is 6.61 Å². The zero-order chi connectivity index (χ0) is 13.1. The number of hydrogen-bond acceptors (Lipinski definition) is 2. The van der Waals surface area contributed by atoms with Crippen molar-refractivity contribution in [2.75, 3.05) is 5.73 Å². The zero-order valence-electron chi connectivity index (χ0n) is 9.29. The Morgan fingerprint density at radius 2 is 1.89 bits per heavy atom. The second-order valence-electron chi connectivity index (χ2n) is 3.68. The highest BCUT2D eigenvalue weighted by Gasteiger charge is 2.06. The monoisotopic (exact) mass is 285 g/mol. The molecular formula is C13H10Cl2FNO. The first kappa shape index (κ1) is 13.0. The first-order valence-corrected chi connectivity index (χ1v) is 5.94. The Labute approximate surface area is 114 Å². The van der Waals surface area contributed by atoms with Crippen LogP contribution < -0.4 is 10.5 Å². The van der Waals surface area contributed by atoms with E-state index in [0.717, 1.165) is 0 Å². The first-order valence-electron chi connectivity index (χ1n) is 5.18. The van der Waals surface area contributed by atoms with Gasteiger partial charge in [0.1, 0.15) is 12.4 Å². The third-order valence-electron chi connectivity index (χ3n) is 2.39. The van der Waals surface area contributed by atoms with E-state index >= 15 is 0 Å². The summed E-state index contributed by atoms with van der Waals surface area (Å²) in [5.41, 5.74) is 5.96. The van der Waals surface area contributed by atoms with Crippen molar-refractivity contribution in [3.05, 3.63) is 57.8 Å². The van der Waals surface area contributed by atoms with E-state index in [1.54, 1.807) is 30.3 Å². The molecule has 2 rings (SSSR count). The van der Waals surface area contributed by atoms with Crippen molar-refractivity contribution in [1.82, 2.24) is 0 Å². The summed E-state index contributed by atoms with van der Waals surface area (Å²) in [6, 6.07) is 9.65. The lowest BCUT2D eigenvalue weighted by atomic mass is 10.2. The average Bonchev–Trinajstić information content (AvgIpc) is 2.35. The van der Waals surface area contributed by atoms with Crippen LogP contribution in [0.4, 0.5) is 10.1 Å². The van der Waals surface area contributed by atoms with Crippen molar-refractivity contribution in [3.8, 4) is 5.75 Å². The Kier molecular flexibility index (Phi) is 3.94. The Bertz CT molecular complexity index is 575. The lowest BCUT2D eigenvalue weighted by Gasteiger charge is -2.09. The lowest BCUT2D eigenvalue weighted by molar-refractivity contribution is 0.300. The molecule has 0 unspecified atom stereocenters. The largest absolute Gasteiger partial charge is 0.489 e. The fraction of sp³-hybridized carbons (Fsp3) is 0.0769. The van der Waals surface area contributed by atoms with E-state index in [2.05, 4.69) is 0 Å². The third kappa shape index (κ3) is 2.86. The van der Waals surface area contributed by atoms with Gasteiger partial charge in [0.25, 0.3) is 0 Å². The summed E-state index contributed by atoms with van der Waals surface area (Å²) in [6.07, 6.45) is 0. The van der Waals surface area contributed by atoms with Crippen molar-refractivity contribution >= 4 is 28.9 Å². The van der Waals surface area contributed by atoms with Crippen molar-refractivity contribution < 1.29 is 9.13 Å². The Morgan fingerprint density at radius 3 is 2.61 bits per heavy atom. The fourth-order valence-electron chi connectivity index (χ4n) is 1.44. The van der Waals surface area contributed by atoms with Crippen molar-refractivity contribution in [2.24, 2.45) is 0 Å². The van der Waals surface area contributed by atoms with Crippen LogP contribution in [0.2, 0.25) is 10.0 Å². The van der Waals surface area contributed by atoms with Gasteiger partial charge in [0, 0.05) is 11.6 Å². The highest BCUT2D eigenvalue weighted by atomic mass is 35.5. The summed E-state index contributed by atoms with van der Waals surface area (Å²) in [6.45, 7) is 0.0782. The normalized spacial score (nSPS) is 10.4. The predicted octanol–water partition coefficient (Wildman–Crippen LogP) is 4.29. The molecular weight excluding hydrogens is 276 g/mol. The van der Waals surface area contributed by atoms with Gasteiger partial charge in [-0.2, -0.15) is 0 Å². The standard InChI is InChI=1S/C13H10Cl2FNO/c14-10-5-4-9(6-11(10)15)18-7-8-2-1-3-12(17)13(8)16/h1-6H,7,17H2.